The van der Waals surface area contributed by atoms with Gasteiger partial charge in [0, 0.05) is 5.69 Å². The minimum atomic E-state index is -1.34. The predicted molar refractivity (Wildman–Crippen MR) is 49.4 cm³/mol. The molecule has 0 atom stereocenters. The van der Waals surface area contributed by atoms with Gasteiger partial charge in [-0.3, -0.25) is 5.32 Å². The molecule has 0 radical (unpaired) electrons. The Morgan fingerprint density at radius 3 is 2.60 bits per heavy atom. The topological polar surface area (TPSA) is 75.6 Å². The van der Waals surface area contributed by atoms with Crippen LogP contribution in [0.5, 0.6) is 0 Å². The van der Waals surface area contributed by atoms with E-state index >= 15 is 0 Å². The van der Waals surface area contributed by atoms with Crippen molar-refractivity contribution in [3.8, 4) is 0 Å². The first-order valence-electron chi connectivity index (χ1n) is 3.92. The van der Waals surface area contributed by atoms with Gasteiger partial charge in [-0.25, -0.2) is 14.0 Å². The number of ether oxygens (including phenoxy) is 1. The van der Waals surface area contributed by atoms with Gasteiger partial charge in [0.1, 0.15) is 5.82 Å². The monoisotopic (exact) mass is 213 g/mol. The van der Waals surface area contributed by atoms with E-state index in [1.165, 1.54) is 6.07 Å². The van der Waals surface area contributed by atoms with Gasteiger partial charge in [-0.1, -0.05) is 0 Å². The van der Waals surface area contributed by atoms with Crippen LogP contribution in [0.1, 0.15) is 10.4 Å². The standard InChI is InChI=1S/C9H8FNO4/c1-15-8(12)5-2-6(10)4-7(3-5)11-9(13)14/h2-4,11H,1H3,(H,13,14). The highest BCUT2D eigenvalue weighted by atomic mass is 19.1. The molecule has 0 aliphatic carbocycles. The van der Waals surface area contributed by atoms with E-state index in [4.69, 9.17) is 5.11 Å². The number of carbonyl (C=O) groups is 2. The quantitative estimate of drug-likeness (QED) is 0.733. The molecule has 0 unspecified atom stereocenters. The van der Waals surface area contributed by atoms with Crippen LogP contribution in [0.3, 0.4) is 0 Å². The maximum Gasteiger partial charge on any atom is 0.409 e. The number of carboxylic acid groups (broad SMARTS) is 1. The molecule has 0 aliphatic heterocycles. The summed E-state index contributed by atoms with van der Waals surface area (Å²) in [5, 5.41) is 10.3. The van der Waals surface area contributed by atoms with Crippen LogP contribution in [0, 0.1) is 5.82 Å². The molecule has 5 nitrogen and oxygen atoms in total. The lowest BCUT2D eigenvalue weighted by Crippen LogP contribution is -2.09. The normalized spacial score (nSPS) is 9.47. The Morgan fingerprint density at radius 1 is 1.40 bits per heavy atom. The van der Waals surface area contributed by atoms with Gasteiger partial charge < -0.3 is 9.84 Å². The highest BCUT2D eigenvalue weighted by Crippen LogP contribution is 2.14. The van der Waals surface area contributed by atoms with Crippen molar-refractivity contribution in [1.82, 2.24) is 0 Å². The van der Waals surface area contributed by atoms with Crippen LogP contribution in [0.15, 0.2) is 18.2 Å². The molecule has 2 N–H and O–H groups in total. The zero-order valence-corrected chi connectivity index (χ0v) is 7.78. The maximum atomic E-state index is 12.9. The van der Waals surface area contributed by atoms with E-state index < -0.39 is 17.9 Å². The first kappa shape index (κ1) is 11.0. The number of hydrogen-bond donors (Lipinski definition) is 2. The van der Waals surface area contributed by atoms with Crippen molar-refractivity contribution in [2.45, 2.75) is 0 Å². The largest absolute Gasteiger partial charge is 0.465 e. The summed E-state index contributed by atoms with van der Waals surface area (Å²) in [6, 6.07) is 3.10. The van der Waals surface area contributed by atoms with Gasteiger partial charge in [0.2, 0.25) is 0 Å². The number of amides is 1. The molecule has 1 aromatic carbocycles. The van der Waals surface area contributed by atoms with Crippen molar-refractivity contribution in [1.29, 1.82) is 0 Å². The number of anilines is 1. The summed E-state index contributed by atoms with van der Waals surface area (Å²) in [5.74, 6) is -1.45. The molecule has 1 aromatic rings. The average molecular weight is 213 g/mol. The molecule has 0 bridgehead atoms. The first-order chi connectivity index (χ1) is 7.02. The third-order valence-electron chi connectivity index (χ3n) is 1.57. The molecule has 0 aromatic heterocycles. The highest BCUT2D eigenvalue weighted by Gasteiger charge is 2.09. The number of halogens is 1. The van der Waals surface area contributed by atoms with E-state index in [0.29, 0.717) is 0 Å². The lowest BCUT2D eigenvalue weighted by atomic mass is 10.2. The summed E-state index contributed by atoms with van der Waals surface area (Å²) in [5.41, 5.74) is -0.0795. The van der Waals surface area contributed by atoms with Gasteiger partial charge in [0.05, 0.1) is 12.7 Å². The molecule has 6 heteroatoms. The van der Waals surface area contributed by atoms with Crippen LogP contribution < -0.4 is 5.32 Å². The molecule has 0 saturated carbocycles. The highest BCUT2D eigenvalue weighted by molar-refractivity contribution is 5.92. The smallest absolute Gasteiger partial charge is 0.409 e. The zero-order valence-electron chi connectivity index (χ0n) is 7.78. The van der Waals surface area contributed by atoms with Crippen LogP contribution in [0.25, 0.3) is 0 Å². The predicted octanol–water partition coefficient (Wildman–Crippen LogP) is 1.70. The summed E-state index contributed by atoms with van der Waals surface area (Å²) >= 11 is 0. The van der Waals surface area contributed by atoms with E-state index in [0.717, 1.165) is 19.2 Å². The van der Waals surface area contributed by atoms with Crippen molar-refractivity contribution in [3.05, 3.63) is 29.6 Å². The lowest BCUT2D eigenvalue weighted by Gasteiger charge is -2.04. The Bertz CT molecular complexity index is 405. The zero-order chi connectivity index (χ0) is 11.4. The Balaban J connectivity index is 3.04. The molecule has 0 heterocycles. The molecule has 80 valence electrons. The lowest BCUT2D eigenvalue weighted by molar-refractivity contribution is 0.0600. The summed E-state index contributed by atoms with van der Waals surface area (Å²) < 4.78 is 17.3. The maximum absolute atomic E-state index is 12.9. The molecule has 1 rings (SSSR count). The minimum Gasteiger partial charge on any atom is -0.465 e. The average Bonchev–Trinajstić information content (AvgIpc) is 2.14. The number of methoxy groups -OCH3 is 1. The van der Waals surface area contributed by atoms with Crippen molar-refractivity contribution in [3.63, 3.8) is 0 Å². The second-order valence-corrected chi connectivity index (χ2v) is 2.65. The van der Waals surface area contributed by atoms with Crippen LogP contribution in [-0.2, 0) is 4.74 Å². The van der Waals surface area contributed by atoms with Gasteiger partial charge in [-0.05, 0) is 18.2 Å². The van der Waals surface area contributed by atoms with E-state index in [2.05, 4.69) is 4.74 Å². The van der Waals surface area contributed by atoms with Crippen molar-refractivity contribution < 1.29 is 23.8 Å². The summed E-state index contributed by atoms with van der Waals surface area (Å²) in [4.78, 5) is 21.3. The fourth-order valence-corrected chi connectivity index (χ4v) is 1.02. The second kappa shape index (κ2) is 4.41. The van der Waals surface area contributed by atoms with E-state index in [1.807, 2.05) is 5.32 Å². The summed E-state index contributed by atoms with van der Waals surface area (Å²) in [6.07, 6.45) is -1.34. The molecule has 0 spiro atoms. The second-order valence-electron chi connectivity index (χ2n) is 2.65. The number of rotatable bonds is 2. The number of hydrogen-bond acceptors (Lipinski definition) is 3. The van der Waals surface area contributed by atoms with Gasteiger partial charge in [0.25, 0.3) is 0 Å². The molecular weight excluding hydrogens is 205 g/mol. The molecule has 0 aliphatic rings. The van der Waals surface area contributed by atoms with Crippen LogP contribution in [-0.4, -0.2) is 24.3 Å². The molecule has 1 amide bonds. The fourth-order valence-electron chi connectivity index (χ4n) is 1.02. The third kappa shape index (κ3) is 2.94. The molecule has 0 saturated heterocycles. The van der Waals surface area contributed by atoms with Crippen LogP contribution in [0.2, 0.25) is 0 Å². The molecule has 15 heavy (non-hydrogen) atoms. The van der Waals surface area contributed by atoms with Crippen molar-refractivity contribution in [2.75, 3.05) is 12.4 Å². The number of nitrogens with one attached hydrogen (secondary N) is 1. The summed E-state index contributed by atoms with van der Waals surface area (Å²) in [7, 11) is 1.15. The Morgan fingerprint density at radius 2 is 2.07 bits per heavy atom. The van der Waals surface area contributed by atoms with Gasteiger partial charge in [0.15, 0.2) is 0 Å². The number of benzene rings is 1. The van der Waals surface area contributed by atoms with Gasteiger partial charge in [-0.15, -0.1) is 0 Å². The third-order valence-corrected chi connectivity index (χ3v) is 1.57. The summed E-state index contributed by atoms with van der Waals surface area (Å²) in [6.45, 7) is 0. The van der Waals surface area contributed by atoms with E-state index in [9.17, 15) is 14.0 Å². The van der Waals surface area contributed by atoms with Crippen molar-refractivity contribution >= 4 is 17.7 Å². The Labute approximate surface area is 84.5 Å². The first-order valence-corrected chi connectivity index (χ1v) is 3.92. The van der Waals surface area contributed by atoms with Crippen molar-refractivity contribution in [2.24, 2.45) is 0 Å². The van der Waals surface area contributed by atoms with Gasteiger partial charge >= 0.3 is 12.1 Å². The van der Waals surface area contributed by atoms with E-state index in [-0.39, 0.29) is 11.3 Å². The van der Waals surface area contributed by atoms with Crippen LogP contribution >= 0.6 is 0 Å². The van der Waals surface area contributed by atoms with Gasteiger partial charge in [-0.2, -0.15) is 0 Å². The Hall–Kier alpha value is -2.11. The van der Waals surface area contributed by atoms with E-state index in [1.54, 1.807) is 0 Å². The Kier molecular flexibility index (Phi) is 3.22. The molecule has 0 fully saturated rings. The van der Waals surface area contributed by atoms with Crippen LogP contribution in [0.4, 0.5) is 14.9 Å². The number of esters is 1. The molecular formula is C9H8FNO4. The number of carbonyl (C=O) groups excluding carboxylic acids is 1. The SMILES string of the molecule is COC(=O)c1cc(F)cc(NC(=O)O)c1. The fraction of sp³-hybridized carbons (Fsp3) is 0.111. The minimum absolute atomic E-state index is 0.0251.